The first kappa shape index (κ1) is 7.56. The van der Waals surface area contributed by atoms with E-state index in [0.717, 1.165) is 0 Å². The number of rotatable bonds is 2. The Balaban J connectivity index is 2.86. The SMILES string of the molecule is ONN=Cc1ccccc1O. The number of phenolic OH excluding ortho intramolecular Hbond substituents is 1. The summed E-state index contributed by atoms with van der Waals surface area (Å²) in [5.74, 6) is 0.131. The Morgan fingerprint density at radius 1 is 1.36 bits per heavy atom. The van der Waals surface area contributed by atoms with Crippen molar-refractivity contribution in [1.29, 1.82) is 0 Å². The zero-order valence-corrected chi connectivity index (χ0v) is 5.73. The van der Waals surface area contributed by atoms with Crippen molar-refractivity contribution < 1.29 is 10.3 Å². The van der Waals surface area contributed by atoms with Crippen LogP contribution in [0, 0.1) is 0 Å². The van der Waals surface area contributed by atoms with E-state index in [1.165, 1.54) is 6.21 Å². The fourth-order valence-electron chi connectivity index (χ4n) is 0.695. The lowest BCUT2D eigenvalue weighted by molar-refractivity contribution is 0.173. The van der Waals surface area contributed by atoms with Crippen molar-refractivity contribution >= 4 is 6.21 Å². The second-order valence-corrected chi connectivity index (χ2v) is 1.92. The van der Waals surface area contributed by atoms with E-state index in [4.69, 9.17) is 10.3 Å². The van der Waals surface area contributed by atoms with E-state index in [-0.39, 0.29) is 5.75 Å². The predicted molar refractivity (Wildman–Crippen MR) is 40.6 cm³/mol. The molecule has 0 bridgehead atoms. The van der Waals surface area contributed by atoms with Crippen LogP contribution in [-0.2, 0) is 0 Å². The lowest BCUT2D eigenvalue weighted by Crippen LogP contribution is -1.95. The molecule has 1 aromatic rings. The molecular formula is C7H8N2O2. The van der Waals surface area contributed by atoms with E-state index >= 15 is 0 Å². The summed E-state index contributed by atoms with van der Waals surface area (Å²) in [6, 6.07) is 6.69. The Labute approximate surface area is 63.8 Å². The lowest BCUT2D eigenvalue weighted by Gasteiger charge is -1.94. The smallest absolute Gasteiger partial charge is 0.124 e. The van der Waals surface area contributed by atoms with E-state index in [1.54, 1.807) is 29.9 Å². The van der Waals surface area contributed by atoms with Gasteiger partial charge in [0.2, 0.25) is 0 Å². The average Bonchev–Trinajstić information content (AvgIpc) is 2.03. The first-order valence-electron chi connectivity index (χ1n) is 3.05. The summed E-state index contributed by atoms with van der Waals surface area (Å²) in [5, 5.41) is 20.5. The molecule has 3 N–H and O–H groups in total. The van der Waals surface area contributed by atoms with Crippen molar-refractivity contribution in [1.82, 2.24) is 5.59 Å². The van der Waals surface area contributed by atoms with Gasteiger partial charge in [-0.3, -0.25) is 5.21 Å². The molecule has 0 heterocycles. The van der Waals surface area contributed by atoms with Gasteiger partial charge in [0.1, 0.15) is 5.75 Å². The van der Waals surface area contributed by atoms with Gasteiger partial charge in [-0.05, 0) is 12.1 Å². The molecule has 11 heavy (non-hydrogen) atoms. The molecule has 4 nitrogen and oxygen atoms in total. The molecule has 0 aliphatic carbocycles. The highest BCUT2D eigenvalue weighted by atomic mass is 16.5. The second kappa shape index (κ2) is 3.58. The molecule has 0 amide bonds. The summed E-state index contributed by atoms with van der Waals surface area (Å²) in [5.41, 5.74) is 2.15. The Bertz CT molecular complexity index is 260. The average molecular weight is 152 g/mol. The summed E-state index contributed by atoms with van der Waals surface area (Å²) in [7, 11) is 0. The first-order valence-corrected chi connectivity index (χ1v) is 3.05. The van der Waals surface area contributed by atoms with Gasteiger partial charge >= 0.3 is 0 Å². The summed E-state index contributed by atoms with van der Waals surface area (Å²) in [6.45, 7) is 0. The molecule has 0 spiro atoms. The van der Waals surface area contributed by atoms with Gasteiger partial charge < -0.3 is 5.11 Å². The van der Waals surface area contributed by atoms with Crippen LogP contribution in [0.4, 0.5) is 0 Å². The number of hydrogen-bond donors (Lipinski definition) is 3. The lowest BCUT2D eigenvalue weighted by atomic mass is 10.2. The molecule has 58 valence electrons. The largest absolute Gasteiger partial charge is 0.507 e. The van der Waals surface area contributed by atoms with Gasteiger partial charge in [0.05, 0.1) is 6.21 Å². The van der Waals surface area contributed by atoms with Gasteiger partial charge in [0.15, 0.2) is 0 Å². The van der Waals surface area contributed by atoms with Crippen molar-refractivity contribution in [2.75, 3.05) is 0 Å². The van der Waals surface area contributed by atoms with Crippen molar-refractivity contribution in [3.8, 4) is 5.75 Å². The number of nitrogens with one attached hydrogen (secondary N) is 1. The van der Waals surface area contributed by atoms with E-state index in [1.807, 2.05) is 0 Å². The number of para-hydroxylation sites is 1. The van der Waals surface area contributed by atoms with Crippen LogP contribution in [-0.4, -0.2) is 16.5 Å². The molecule has 0 aliphatic rings. The van der Waals surface area contributed by atoms with Gasteiger partial charge in [-0.15, -0.1) is 0 Å². The predicted octanol–water partition coefficient (Wildman–Crippen LogP) is 0.705. The third-order valence-electron chi connectivity index (χ3n) is 1.20. The van der Waals surface area contributed by atoms with Crippen LogP contribution in [0.1, 0.15) is 5.56 Å². The maximum Gasteiger partial charge on any atom is 0.124 e. The Morgan fingerprint density at radius 2 is 2.09 bits per heavy atom. The van der Waals surface area contributed by atoms with Gasteiger partial charge in [-0.25, -0.2) is 0 Å². The molecule has 1 aromatic carbocycles. The first-order chi connectivity index (χ1) is 5.34. The van der Waals surface area contributed by atoms with Crippen LogP contribution in [0.5, 0.6) is 5.75 Å². The topological polar surface area (TPSA) is 64.8 Å². The number of hydrazone groups is 1. The molecule has 1 rings (SSSR count). The van der Waals surface area contributed by atoms with Gasteiger partial charge in [0, 0.05) is 5.56 Å². The number of phenols is 1. The number of aromatic hydroxyl groups is 1. The van der Waals surface area contributed by atoms with E-state index in [2.05, 4.69) is 5.10 Å². The van der Waals surface area contributed by atoms with E-state index in [0.29, 0.717) is 5.56 Å². The Hall–Kier alpha value is -1.55. The zero-order valence-electron chi connectivity index (χ0n) is 5.73. The molecule has 0 saturated carbocycles. The van der Waals surface area contributed by atoms with Gasteiger partial charge in [0.25, 0.3) is 0 Å². The quantitative estimate of drug-likeness (QED) is 0.432. The van der Waals surface area contributed by atoms with Crippen LogP contribution >= 0.6 is 0 Å². The van der Waals surface area contributed by atoms with Crippen molar-refractivity contribution in [2.45, 2.75) is 0 Å². The fourth-order valence-corrected chi connectivity index (χ4v) is 0.695. The maximum absolute atomic E-state index is 9.14. The van der Waals surface area contributed by atoms with E-state index in [9.17, 15) is 0 Å². The fraction of sp³-hybridized carbons (Fsp3) is 0. The van der Waals surface area contributed by atoms with Crippen LogP contribution in [0.3, 0.4) is 0 Å². The second-order valence-electron chi connectivity index (χ2n) is 1.92. The summed E-state index contributed by atoms with van der Waals surface area (Å²) >= 11 is 0. The highest BCUT2D eigenvalue weighted by Crippen LogP contribution is 2.12. The molecule has 0 radical (unpaired) electrons. The number of hydrogen-bond acceptors (Lipinski definition) is 4. The molecule has 0 saturated heterocycles. The number of benzene rings is 1. The van der Waals surface area contributed by atoms with Crippen LogP contribution < -0.4 is 5.59 Å². The Kier molecular flexibility index (Phi) is 2.46. The molecule has 0 atom stereocenters. The van der Waals surface area contributed by atoms with E-state index < -0.39 is 0 Å². The standard InChI is InChI=1S/C7H8N2O2/c10-7-4-2-1-3-6(7)5-8-9-11/h1-5,9-11H. The third kappa shape index (κ3) is 1.94. The van der Waals surface area contributed by atoms with Gasteiger partial charge in [-0.1, -0.05) is 12.1 Å². The molecule has 0 fully saturated rings. The molecule has 0 unspecified atom stereocenters. The van der Waals surface area contributed by atoms with Crippen molar-refractivity contribution in [2.24, 2.45) is 5.10 Å². The minimum Gasteiger partial charge on any atom is -0.507 e. The minimum absolute atomic E-state index is 0.131. The summed E-state index contributed by atoms with van der Waals surface area (Å²) < 4.78 is 0. The molecular weight excluding hydrogens is 144 g/mol. The van der Waals surface area contributed by atoms with Crippen LogP contribution in [0.25, 0.3) is 0 Å². The zero-order chi connectivity index (χ0) is 8.10. The van der Waals surface area contributed by atoms with Crippen molar-refractivity contribution in [3.05, 3.63) is 29.8 Å². The molecule has 0 aromatic heterocycles. The molecule has 0 aliphatic heterocycles. The van der Waals surface area contributed by atoms with Crippen LogP contribution in [0.15, 0.2) is 29.4 Å². The van der Waals surface area contributed by atoms with Crippen LogP contribution in [0.2, 0.25) is 0 Å². The van der Waals surface area contributed by atoms with Gasteiger partial charge in [-0.2, -0.15) is 10.7 Å². The minimum atomic E-state index is 0.131. The monoisotopic (exact) mass is 152 g/mol. The molecule has 4 heteroatoms. The number of nitrogens with zero attached hydrogens (tertiary/aromatic N) is 1. The van der Waals surface area contributed by atoms with Crippen molar-refractivity contribution in [3.63, 3.8) is 0 Å². The third-order valence-corrected chi connectivity index (χ3v) is 1.20. The Morgan fingerprint density at radius 3 is 2.73 bits per heavy atom. The summed E-state index contributed by atoms with van der Waals surface area (Å²) in [4.78, 5) is 0. The highest BCUT2D eigenvalue weighted by Gasteiger charge is 1.92. The normalized spacial score (nSPS) is 10.3. The highest BCUT2D eigenvalue weighted by molar-refractivity contribution is 5.82. The maximum atomic E-state index is 9.14. The summed E-state index contributed by atoms with van der Waals surface area (Å²) in [6.07, 6.45) is 1.31.